The number of benzene rings is 3. The summed E-state index contributed by atoms with van der Waals surface area (Å²) in [6.07, 6.45) is 13.9. The Hall–Kier alpha value is -0.680. The van der Waals surface area contributed by atoms with Gasteiger partial charge in [0.2, 0.25) is 0 Å². The third-order valence-electron chi connectivity index (χ3n) is 5.80. The summed E-state index contributed by atoms with van der Waals surface area (Å²) in [6.45, 7) is 2.26. The van der Waals surface area contributed by atoms with E-state index >= 15 is 0 Å². The maximum Gasteiger partial charge on any atom is 0.127 e. The monoisotopic (exact) mass is 568 g/mol. The molecule has 0 unspecified atom stereocenters. The summed E-state index contributed by atoms with van der Waals surface area (Å²) in [4.78, 5) is 0. The average molecular weight is 569 g/mol. The van der Waals surface area contributed by atoms with Crippen LogP contribution in [0.4, 0.5) is 4.39 Å². The van der Waals surface area contributed by atoms with Gasteiger partial charge in [-0.2, -0.15) is 0 Å². The highest BCUT2D eigenvalue weighted by molar-refractivity contribution is 14.1. The van der Waals surface area contributed by atoms with Gasteiger partial charge in [-0.3, -0.25) is 0 Å². The minimum atomic E-state index is -0.0559. The highest BCUT2D eigenvalue weighted by Gasteiger charge is 2.08. The topological polar surface area (TPSA) is 0 Å². The van der Waals surface area contributed by atoms with Crippen LogP contribution in [-0.2, 0) is 6.42 Å². The first-order chi connectivity index (χ1) is 14.1. The molecule has 0 aliphatic carbocycles. The SMILES string of the molecule is CCCCCCCCCCCCc1cc2cc3cc(Br)c(I)cc3cc2cc1F. The van der Waals surface area contributed by atoms with Gasteiger partial charge in [0.05, 0.1) is 0 Å². The first-order valence-electron chi connectivity index (χ1n) is 11.1. The van der Waals surface area contributed by atoms with Gasteiger partial charge in [-0.15, -0.1) is 0 Å². The molecule has 0 heterocycles. The van der Waals surface area contributed by atoms with Crippen molar-refractivity contribution in [3.63, 3.8) is 0 Å². The minimum Gasteiger partial charge on any atom is -0.207 e. The van der Waals surface area contributed by atoms with Crippen molar-refractivity contribution < 1.29 is 4.39 Å². The number of unbranched alkanes of at least 4 members (excludes halogenated alkanes) is 9. The highest BCUT2D eigenvalue weighted by Crippen LogP contribution is 2.30. The van der Waals surface area contributed by atoms with E-state index in [-0.39, 0.29) is 5.82 Å². The molecule has 0 aromatic heterocycles. The van der Waals surface area contributed by atoms with Crippen molar-refractivity contribution in [2.24, 2.45) is 0 Å². The van der Waals surface area contributed by atoms with Gasteiger partial charge in [0.15, 0.2) is 0 Å². The lowest BCUT2D eigenvalue weighted by molar-refractivity contribution is 0.551. The normalized spacial score (nSPS) is 11.6. The van der Waals surface area contributed by atoms with Gasteiger partial charge in [0.25, 0.3) is 0 Å². The van der Waals surface area contributed by atoms with Crippen molar-refractivity contribution in [2.75, 3.05) is 0 Å². The molecular weight excluding hydrogens is 538 g/mol. The summed E-state index contributed by atoms with van der Waals surface area (Å²) < 4.78 is 16.9. The van der Waals surface area contributed by atoms with Crippen LogP contribution in [0.25, 0.3) is 21.5 Å². The first kappa shape index (κ1) is 23.0. The van der Waals surface area contributed by atoms with E-state index < -0.39 is 0 Å². The molecule has 0 amide bonds. The Bertz CT molecular complexity index is 950. The van der Waals surface area contributed by atoms with Crippen molar-refractivity contribution >= 4 is 60.1 Å². The fraction of sp³-hybridized carbons (Fsp3) is 0.462. The van der Waals surface area contributed by atoms with Crippen LogP contribution in [-0.4, -0.2) is 0 Å². The molecule has 0 atom stereocenters. The Balaban J connectivity index is 1.54. The molecule has 0 saturated heterocycles. The van der Waals surface area contributed by atoms with Crippen LogP contribution in [0.15, 0.2) is 40.9 Å². The maximum absolute atomic E-state index is 14.6. The third-order valence-corrected chi connectivity index (χ3v) is 8.09. The van der Waals surface area contributed by atoms with E-state index in [1.165, 1.54) is 66.7 Å². The largest absolute Gasteiger partial charge is 0.207 e. The van der Waals surface area contributed by atoms with Gasteiger partial charge < -0.3 is 0 Å². The van der Waals surface area contributed by atoms with Gasteiger partial charge in [-0.05, 0) is 115 Å². The number of hydrogen-bond donors (Lipinski definition) is 0. The van der Waals surface area contributed by atoms with Gasteiger partial charge in [0, 0.05) is 8.04 Å². The van der Waals surface area contributed by atoms with Crippen molar-refractivity contribution in [3.05, 3.63) is 55.8 Å². The zero-order chi connectivity index (χ0) is 20.6. The lowest BCUT2D eigenvalue weighted by Crippen LogP contribution is -1.92. The van der Waals surface area contributed by atoms with Crippen LogP contribution in [0.1, 0.15) is 76.7 Å². The molecule has 3 rings (SSSR count). The summed E-state index contributed by atoms with van der Waals surface area (Å²) in [6, 6.07) is 12.4. The molecule has 0 bridgehead atoms. The van der Waals surface area contributed by atoms with Gasteiger partial charge >= 0.3 is 0 Å². The van der Waals surface area contributed by atoms with Gasteiger partial charge in [0.1, 0.15) is 5.82 Å². The fourth-order valence-electron chi connectivity index (χ4n) is 4.06. The molecule has 29 heavy (non-hydrogen) atoms. The second-order valence-corrected chi connectivity index (χ2v) is 10.2. The van der Waals surface area contributed by atoms with Crippen molar-refractivity contribution in [2.45, 2.75) is 77.6 Å². The quantitative estimate of drug-likeness (QED) is 0.123. The van der Waals surface area contributed by atoms with Crippen molar-refractivity contribution in [3.8, 4) is 0 Å². The predicted molar refractivity (Wildman–Crippen MR) is 137 cm³/mol. The molecule has 3 aromatic rings. The number of aryl methyl sites for hydroxylation is 1. The summed E-state index contributed by atoms with van der Waals surface area (Å²) in [7, 11) is 0. The third kappa shape index (κ3) is 6.65. The Morgan fingerprint density at radius 3 is 1.86 bits per heavy atom. The highest BCUT2D eigenvalue weighted by atomic mass is 127. The van der Waals surface area contributed by atoms with Crippen LogP contribution in [0.2, 0.25) is 0 Å². The van der Waals surface area contributed by atoms with E-state index in [0.29, 0.717) is 0 Å². The molecule has 0 N–H and O–H groups in total. The van der Waals surface area contributed by atoms with Crippen molar-refractivity contribution in [1.82, 2.24) is 0 Å². The lowest BCUT2D eigenvalue weighted by Gasteiger charge is -2.09. The second-order valence-electron chi connectivity index (χ2n) is 8.19. The van der Waals surface area contributed by atoms with Crippen LogP contribution >= 0.6 is 38.5 Å². The average Bonchev–Trinajstić information content (AvgIpc) is 2.69. The number of halogens is 3. The molecule has 0 fully saturated rings. The zero-order valence-electron chi connectivity index (χ0n) is 17.4. The van der Waals surface area contributed by atoms with E-state index in [0.717, 1.165) is 39.0 Å². The van der Waals surface area contributed by atoms with E-state index in [1.54, 1.807) is 6.07 Å². The van der Waals surface area contributed by atoms with E-state index in [2.05, 4.69) is 75.8 Å². The molecule has 0 aliphatic heterocycles. The van der Waals surface area contributed by atoms with Crippen molar-refractivity contribution in [1.29, 1.82) is 0 Å². The predicted octanol–water partition coefficient (Wildman–Crippen LogP) is 9.96. The summed E-state index contributed by atoms with van der Waals surface area (Å²) in [5.41, 5.74) is 0.862. The summed E-state index contributed by atoms with van der Waals surface area (Å²) in [5, 5.41) is 4.47. The standard InChI is InChI=1S/C26H31BrFI/c1-2-3-4-5-6-7-8-9-10-11-12-19-13-20-14-21-16-24(27)26(29)18-23(21)15-22(20)17-25(19)28/h13-18H,2-12H2,1H3. The summed E-state index contributed by atoms with van der Waals surface area (Å²) in [5.74, 6) is -0.0559. The van der Waals surface area contributed by atoms with Crippen LogP contribution < -0.4 is 0 Å². The molecule has 0 spiro atoms. The summed E-state index contributed by atoms with van der Waals surface area (Å²) >= 11 is 5.94. The smallest absolute Gasteiger partial charge is 0.127 e. The second kappa shape index (κ2) is 11.6. The molecule has 0 radical (unpaired) electrons. The van der Waals surface area contributed by atoms with Crippen LogP contribution in [0.3, 0.4) is 0 Å². The zero-order valence-corrected chi connectivity index (χ0v) is 21.1. The fourth-order valence-corrected chi connectivity index (χ4v) is 4.91. The Morgan fingerprint density at radius 1 is 0.690 bits per heavy atom. The number of rotatable bonds is 11. The molecule has 3 heteroatoms. The van der Waals surface area contributed by atoms with Crippen LogP contribution in [0.5, 0.6) is 0 Å². The Labute approximate surface area is 196 Å². The minimum absolute atomic E-state index is 0.0559. The molecule has 0 nitrogen and oxygen atoms in total. The first-order valence-corrected chi connectivity index (χ1v) is 13.0. The van der Waals surface area contributed by atoms with E-state index in [9.17, 15) is 4.39 Å². The Morgan fingerprint density at radius 2 is 1.21 bits per heavy atom. The maximum atomic E-state index is 14.6. The van der Waals surface area contributed by atoms with Gasteiger partial charge in [-0.25, -0.2) is 4.39 Å². The van der Waals surface area contributed by atoms with E-state index in [1.807, 2.05) is 0 Å². The molecular formula is C26H31BrFI. The van der Waals surface area contributed by atoms with Gasteiger partial charge in [-0.1, -0.05) is 64.7 Å². The lowest BCUT2D eigenvalue weighted by atomic mass is 9.98. The molecule has 0 saturated carbocycles. The molecule has 0 aliphatic rings. The molecule has 156 valence electrons. The number of fused-ring (bicyclic) bond motifs is 2. The number of hydrogen-bond acceptors (Lipinski definition) is 0. The van der Waals surface area contributed by atoms with Crippen LogP contribution in [0, 0.1) is 9.39 Å². The Kier molecular flexibility index (Phi) is 9.23. The molecule has 3 aromatic carbocycles. The van der Waals surface area contributed by atoms with E-state index in [4.69, 9.17) is 0 Å².